The Morgan fingerprint density at radius 3 is 2.67 bits per heavy atom. The number of aromatic carboxylic acids is 1. The highest BCUT2D eigenvalue weighted by Gasteiger charge is 2.18. The van der Waals surface area contributed by atoms with Crippen molar-refractivity contribution in [3.63, 3.8) is 0 Å². The fourth-order valence-corrected chi connectivity index (χ4v) is 1.86. The van der Waals surface area contributed by atoms with Gasteiger partial charge in [0, 0.05) is 18.4 Å². The van der Waals surface area contributed by atoms with Gasteiger partial charge in [-0.15, -0.1) is 0 Å². The molecule has 0 atom stereocenters. The Morgan fingerprint density at radius 2 is 2.05 bits per heavy atom. The summed E-state index contributed by atoms with van der Waals surface area (Å²) in [6.07, 6.45) is 0. The number of hydrogen-bond donors (Lipinski definition) is 3. The van der Waals surface area contributed by atoms with Gasteiger partial charge >= 0.3 is 12.0 Å². The lowest BCUT2D eigenvalue weighted by Crippen LogP contribution is -2.31. The fourth-order valence-electron chi connectivity index (χ4n) is 1.86. The molecule has 2 aromatic rings. The molecule has 3 N–H and O–H groups in total. The van der Waals surface area contributed by atoms with E-state index >= 15 is 0 Å². The molecule has 0 aliphatic rings. The molecule has 0 aliphatic carbocycles. The van der Waals surface area contributed by atoms with Crippen molar-refractivity contribution in [1.29, 1.82) is 0 Å². The molecule has 2 rings (SSSR count). The largest absolute Gasteiger partial charge is 0.477 e. The van der Waals surface area contributed by atoms with E-state index in [2.05, 4.69) is 10.3 Å². The van der Waals surface area contributed by atoms with E-state index in [-0.39, 0.29) is 11.4 Å². The summed E-state index contributed by atoms with van der Waals surface area (Å²) in [7, 11) is 1.46. The summed E-state index contributed by atoms with van der Waals surface area (Å²) < 4.78 is 13.2. The van der Waals surface area contributed by atoms with E-state index in [9.17, 15) is 14.0 Å². The number of rotatable bonds is 3. The molecule has 0 fully saturated rings. The first kappa shape index (κ1) is 14.6. The van der Waals surface area contributed by atoms with Crippen LogP contribution in [0.5, 0.6) is 0 Å². The summed E-state index contributed by atoms with van der Waals surface area (Å²) in [6.45, 7) is 1.68. The van der Waals surface area contributed by atoms with E-state index in [1.807, 2.05) is 0 Å². The van der Waals surface area contributed by atoms with Gasteiger partial charge in [0.25, 0.3) is 0 Å². The molecule has 1 heterocycles. The zero-order valence-corrected chi connectivity index (χ0v) is 11.5. The third kappa shape index (κ3) is 3.19. The van der Waals surface area contributed by atoms with E-state index in [1.54, 1.807) is 13.0 Å². The van der Waals surface area contributed by atoms with Gasteiger partial charge in [0.05, 0.1) is 5.69 Å². The molecule has 1 aromatic carbocycles. The predicted molar refractivity (Wildman–Crippen MR) is 76.3 cm³/mol. The zero-order valence-electron chi connectivity index (χ0n) is 11.5. The van der Waals surface area contributed by atoms with Gasteiger partial charge in [-0.3, -0.25) is 4.90 Å². The van der Waals surface area contributed by atoms with Crippen molar-refractivity contribution >= 4 is 23.4 Å². The first-order chi connectivity index (χ1) is 9.88. The van der Waals surface area contributed by atoms with Crippen LogP contribution in [0, 0.1) is 12.7 Å². The zero-order chi connectivity index (χ0) is 15.6. The first-order valence-corrected chi connectivity index (χ1v) is 6.11. The number of carboxylic acid groups (broad SMARTS) is 1. The van der Waals surface area contributed by atoms with Crippen molar-refractivity contribution in [2.24, 2.45) is 0 Å². The highest BCUT2D eigenvalue weighted by molar-refractivity contribution is 6.05. The molecule has 6 nitrogen and oxygen atoms in total. The number of carbonyl (C=O) groups is 2. The number of H-pyrrole nitrogens is 1. The Kier molecular flexibility index (Phi) is 3.93. The summed E-state index contributed by atoms with van der Waals surface area (Å²) in [5.41, 5.74) is 1.02. The number of carboxylic acids is 1. The average Bonchev–Trinajstić information content (AvgIpc) is 2.79. The van der Waals surface area contributed by atoms with Crippen LogP contribution in [0.2, 0.25) is 0 Å². The minimum absolute atomic E-state index is 0.103. The number of hydrogen-bond acceptors (Lipinski definition) is 2. The molecule has 0 aliphatic heterocycles. The van der Waals surface area contributed by atoms with Crippen LogP contribution in [0.1, 0.15) is 16.2 Å². The maximum absolute atomic E-state index is 13.2. The van der Waals surface area contributed by atoms with Gasteiger partial charge in [-0.05, 0) is 31.2 Å². The van der Waals surface area contributed by atoms with Crippen LogP contribution in [-0.2, 0) is 0 Å². The van der Waals surface area contributed by atoms with Gasteiger partial charge in [0.1, 0.15) is 11.5 Å². The SMILES string of the molecule is Cc1cc(NC(=O)N(C)c2cccc(F)c2)c(C(=O)O)[nH]1. The van der Waals surface area contributed by atoms with Crippen molar-refractivity contribution in [3.05, 3.63) is 47.5 Å². The molecule has 0 unspecified atom stereocenters. The summed E-state index contributed by atoms with van der Waals surface area (Å²) in [6, 6.07) is 6.48. The Balaban J connectivity index is 2.20. The van der Waals surface area contributed by atoms with Crippen LogP contribution in [-0.4, -0.2) is 29.1 Å². The number of carbonyl (C=O) groups excluding carboxylic acids is 1. The minimum atomic E-state index is -1.17. The van der Waals surface area contributed by atoms with Gasteiger partial charge in [0.15, 0.2) is 0 Å². The van der Waals surface area contributed by atoms with E-state index in [0.717, 1.165) is 0 Å². The van der Waals surface area contributed by atoms with Crippen LogP contribution in [0.3, 0.4) is 0 Å². The third-order valence-corrected chi connectivity index (χ3v) is 2.91. The predicted octanol–water partition coefficient (Wildman–Crippen LogP) is 2.83. The molecular formula is C14H14FN3O3. The third-order valence-electron chi connectivity index (χ3n) is 2.91. The van der Waals surface area contributed by atoms with E-state index < -0.39 is 17.8 Å². The second kappa shape index (κ2) is 5.66. The summed E-state index contributed by atoms with van der Waals surface area (Å²) in [5, 5.41) is 11.5. The first-order valence-electron chi connectivity index (χ1n) is 6.11. The molecule has 7 heteroatoms. The van der Waals surface area contributed by atoms with Gasteiger partial charge in [-0.2, -0.15) is 0 Å². The van der Waals surface area contributed by atoms with E-state index in [0.29, 0.717) is 11.4 Å². The molecule has 21 heavy (non-hydrogen) atoms. The second-order valence-corrected chi connectivity index (χ2v) is 4.52. The molecule has 0 bridgehead atoms. The Bertz CT molecular complexity index is 697. The number of aryl methyl sites for hydroxylation is 1. The monoisotopic (exact) mass is 291 g/mol. The van der Waals surface area contributed by atoms with Crippen molar-refractivity contribution in [3.8, 4) is 0 Å². The van der Waals surface area contributed by atoms with Gasteiger partial charge in [-0.1, -0.05) is 6.07 Å². The molecule has 0 radical (unpaired) electrons. The average molecular weight is 291 g/mol. The highest BCUT2D eigenvalue weighted by atomic mass is 19.1. The van der Waals surface area contributed by atoms with Crippen molar-refractivity contribution in [1.82, 2.24) is 4.98 Å². The Labute approximate surface area is 120 Å². The quantitative estimate of drug-likeness (QED) is 0.812. The second-order valence-electron chi connectivity index (χ2n) is 4.52. The lowest BCUT2D eigenvalue weighted by molar-refractivity contribution is 0.0692. The molecule has 110 valence electrons. The normalized spacial score (nSPS) is 10.2. The number of anilines is 2. The maximum Gasteiger partial charge on any atom is 0.354 e. The number of aromatic amines is 1. The highest BCUT2D eigenvalue weighted by Crippen LogP contribution is 2.19. The summed E-state index contributed by atoms with van der Waals surface area (Å²) >= 11 is 0. The number of nitrogens with zero attached hydrogens (tertiary/aromatic N) is 1. The molecule has 1 aromatic heterocycles. The van der Waals surface area contributed by atoms with Crippen LogP contribution < -0.4 is 10.2 Å². The minimum Gasteiger partial charge on any atom is -0.477 e. The molecule has 0 spiro atoms. The lowest BCUT2D eigenvalue weighted by atomic mass is 10.3. The van der Waals surface area contributed by atoms with Gasteiger partial charge in [0.2, 0.25) is 0 Å². The maximum atomic E-state index is 13.2. The number of nitrogens with one attached hydrogen (secondary N) is 2. The van der Waals surface area contributed by atoms with Crippen molar-refractivity contribution < 1.29 is 19.1 Å². The summed E-state index contributed by atoms with van der Waals surface area (Å²) in [4.78, 5) is 27.0. The van der Waals surface area contributed by atoms with Crippen molar-refractivity contribution in [2.75, 3.05) is 17.3 Å². The number of benzene rings is 1. The molecule has 2 amide bonds. The van der Waals surface area contributed by atoms with E-state index in [4.69, 9.17) is 5.11 Å². The van der Waals surface area contributed by atoms with Crippen LogP contribution in [0.4, 0.5) is 20.6 Å². The van der Waals surface area contributed by atoms with Crippen LogP contribution in [0.25, 0.3) is 0 Å². The van der Waals surface area contributed by atoms with E-state index in [1.165, 1.54) is 36.2 Å². The number of urea groups is 1. The Morgan fingerprint density at radius 1 is 1.33 bits per heavy atom. The van der Waals surface area contributed by atoms with Gasteiger partial charge in [-0.25, -0.2) is 14.0 Å². The number of amides is 2. The Hall–Kier alpha value is -2.83. The van der Waals surface area contributed by atoms with Crippen LogP contribution in [0.15, 0.2) is 30.3 Å². The van der Waals surface area contributed by atoms with Crippen molar-refractivity contribution in [2.45, 2.75) is 6.92 Å². The van der Waals surface area contributed by atoms with Gasteiger partial charge < -0.3 is 15.4 Å². The number of halogens is 1. The van der Waals surface area contributed by atoms with Crippen LogP contribution >= 0.6 is 0 Å². The molecule has 0 saturated carbocycles. The fraction of sp³-hybridized carbons (Fsp3) is 0.143. The standard InChI is InChI=1S/C14H14FN3O3/c1-8-6-11(12(16-8)13(19)20)17-14(21)18(2)10-5-3-4-9(15)7-10/h3-7,16H,1-2H3,(H,17,21)(H,19,20). The molecule has 0 saturated heterocycles. The smallest absolute Gasteiger partial charge is 0.354 e. The lowest BCUT2D eigenvalue weighted by Gasteiger charge is -2.17. The topological polar surface area (TPSA) is 85.4 Å². The summed E-state index contributed by atoms with van der Waals surface area (Å²) in [5.74, 6) is -1.64. The molecular weight excluding hydrogens is 277 g/mol. The number of aromatic nitrogens is 1.